The van der Waals surface area contributed by atoms with E-state index < -0.39 is 5.97 Å². The first-order valence-corrected chi connectivity index (χ1v) is 9.91. The monoisotopic (exact) mass is 458 g/mol. The normalized spacial score (nSPS) is 14.3. The van der Waals surface area contributed by atoms with Crippen LogP contribution in [0.5, 0.6) is 5.75 Å². The minimum absolute atomic E-state index is 0.0148. The fourth-order valence-electron chi connectivity index (χ4n) is 3.50. The van der Waals surface area contributed by atoms with Crippen LogP contribution in [0, 0.1) is 0 Å². The number of rotatable bonds is 4. The smallest absolute Gasteiger partial charge is 0.371 e. The van der Waals surface area contributed by atoms with Crippen LogP contribution in [0.15, 0.2) is 51.4 Å². The number of methoxy groups -OCH3 is 1. The number of fused-ring (bicyclic) bond motifs is 1. The number of halogens is 1. The van der Waals surface area contributed by atoms with Crippen LogP contribution < -0.4 is 9.64 Å². The van der Waals surface area contributed by atoms with Crippen molar-refractivity contribution in [2.24, 2.45) is 0 Å². The molecule has 2 aromatic carbocycles. The fourth-order valence-corrected chi connectivity index (χ4v) is 4.20. The summed E-state index contributed by atoms with van der Waals surface area (Å²) in [6.07, 6.45) is 0. The Morgan fingerprint density at radius 1 is 1.10 bits per heavy atom. The number of piperazine rings is 1. The van der Waals surface area contributed by atoms with Gasteiger partial charge in [-0.05, 0) is 46.3 Å². The molecule has 0 radical (unpaired) electrons. The summed E-state index contributed by atoms with van der Waals surface area (Å²) in [5, 5.41) is 9.86. The van der Waals surface area contributed by atoms with Crippen molar-refractivity contribution in [3.63, 3.8) is 0 Å². The van der Waals surface area contributed by atoms with Crippen molar-refractivity contribution in [2.45, 2.75) is 0 Å². The van der Waals surface area contributed by atoms with Crippen LogP contribution in [0.3, 0.4) is 0 Å². The van der Waals surface area contributed by atoms with Crippen molar-refractivity contribution >= 4 is 44.5 Å². The van der Waals surface area contributed by atoms with Gasteiger partial charge in [-0.15, -0.1) is 0 Å². The molecule has 0 saturated carbocycles. The summed E-state index contributed by atoms with van der Waals surface area (Å²) in [4.78, 5) is 28.0. The Balaban J connectivity index is 1.50. The first kappa shape index (κ1) is 19.3. The second kappa shape index (κ2) is 7.79. The molecule has 4 rings (SSSR count). The number of hydrogen-bond acceptors (Lipinski definition) is 5. The lowest BCUT2D eigenvalue weighted by molar-refractivity contribution is 0.0664. The van der Waals surface area contributed by atoms with Crippen molar-refractivity contribution in [2.75, 3.05) is 38.2 Å². The molecular weight excluding hydrogens is 440 g/mol. The van der Waals surface area contributed by atoms with Crippen LogP contribution >= 0.6 is 15.9 Å². The maximum Gasteiger partial charge on any atom is 0.371 e. The number of furan rings is 1. The predicted octanol–water partition coefficient (Wildman–Crippen LogP) is 3.86. The molecule has 7 nitrogen and oxygen atoms in total. The Morgan fingerprint density at radius 2 is 1.86 bits per heavy atom. The van der Waals surface area contributed by atoms with Gasteiger partial charge < -0.3 is 24.1 Å². The Hall–Kier alpha value is -3.00. The summed E-state index contributed by atoms with van der Waals surface area (Å²) in [6.45, 7) is 2.52. The molecule has 0 aliphatic carbocycles. The fraction of sp³-hybridized carbons (Fsp3) is 0.238. The number of ether oxygens (including phenoxy) is 1. The number of aromatic carboxylic acids is 1. The van der Waals surface area contributed by atoms with E-state index >= 15 is 0 Å². The van der Waals surface area contributed by atoms with E-state index in [0.717, 1.165) is 15.5 Å². The van der Waals surface area contributed by atoms with Crippen LogP contribution in [-0.2, 0) is 0 Å². The number of carbonyl (C=O) groups excluding carboxylic acids is 1. The number of carbonyl (C=O) groups is 2. The number of benzene rings is 2. The van der Waals surface area contributed by atoms with Gasteiger partial charge in [-0.25, -0.2) is 4.79 Å². The predicted molar refractivity (Wildman–Crippen MR) is 112 cm³/mol. The highest BCUT2D eigenvalue weighted by atomic mass is 79.9. The summed E-state index contributed by atoms with van der Waals surface area (Å²) in [5.74, 6) is -0.544. The Labute approximate surface area is 175 Å². The molecule has 1 N–H and O–H groups in total. The highest BCUT2D eigenvalue weighted by Gasteiger charge is 2.25. The van der Waals surface area contributed by atoms with Gasteiger partial charge in [0.1, 0.15) is 11.3 Å². The molecular formula is C21H19BrN2O5. The average Bonchev–Trinajstić information content (AvgIpc) is 3.19. The molecule has 29 heavy (non-hydrogen) atoms. The number of nitrogens with zero attached hydrogens (tertiary/aromatic N) is 2. The number of anilines is 1. The van der Waals surface area contributed by atoms with E-state index in [4.69, 9.17) is 14.3 Å². The molecule has 3 aromatic rings. The Bertz CT molecular complexity index is 1090. The lowest BCUT2D eigenvalue weighted by Crippen LogP contribution is -2.48. The molecule has 2 heterocycles. The zero-order chi connectivity index (χ0) is 20.5. The number of hydrogen-bond donors (Lipinski definition) is 1. The van der Waals surface area contributed by atoms with Gasteiger partial charge in [0.15, 0.2) is 0 Å². The van der Waals surface area contributed by atoms with Gasteiger partial charge >= 0.3 is 5.97 Å². The molecule has 1 amide bonds. The highest BCUT2D eigenvalue weighted by molar-refractivity contribution is 9.10. The van der Waals surface area contributed by atoms with Crippen molar-refractivity contribution in [3.8, 4) is 5.75 Å². The van der Waals surface area contributed by atoms with E-state index in [1.54, 1.807) is 25.3 Å². The molecule has 1 aliphatic heterocycles. The van der Waals surface area contributed by atoms with Crippen molar-refractivity contribution < 1.29 is 23.8 Å². The van der Waals surface area contributed by atoms with Crippen molar-refractivity contribution in [1.29, 1.82) is 0 Å². The maximum absolute atomic E-state index is 12.8. The maximum atomic E-state index is 12.8. The average molecular weight is 459 g/mol. The zero-order valence-electron chi connectivity index (χ0n) is 15.7. The standard InChI is InChI=1S/C21H19BrN2O5/c1-28-14-4-2-3-13(11-14)20(25)24-9-7-23(8-10-24)16-5-6-17-15(19(16)22)12-18(29-17)21(26)27/h2-6,11-12H,7-10H2,1H3,(H,26,27). The molecule has 1 saturated heterocycles. The second-order valence-corrected chi connectivity index (χ2v) is 7.53. The molecule has 0 spiro atoms. The van der Waals surface area contributed by atoms with Gasteiger partial charge in [-0.1, -0.05) is 6.07 Å². The van der Waals surface area contributed by atoms with Gasteiger partial charge in [0, 0.05) is 43.2 Å². The number of carboxylic acid groups (broad SMARTS) is 1. The molecule has 150 valence electrons. The third-order valence-electron chi connectivity index (χ3n) is 5.05. The van der Waals surface area contributed by atoms with Crippen LogP contribution in [-0.4, -0.2) is 55.2 Å². The number of amides is 1. The van der Waals surface area contributed by atoms with Crippen LogP contribution in [0.25, 0.3) is 11.0 Å². The Kier molecular flexibility index (Phi) is 5.19. The molecule has 1 aliphatic rings. The quantitative estimate of drug-likeness (QED) is 0.638. The van der Waals surface area contributed by atoms with Crippen LogP contribution in [0.1, 0.15) is 20.9 Å². The summed E-state index contributed by atoms with van der Waals surface area (Å²) in [7, 11) is 1.58. The first-order chi connectivity index (χ1) is 14.0. The van der Waals surface area contributed by atoms with E-state index in [-0.39, 0.29) is 11.7 Å². The van der Waals surface area contributed by atoms with E-state index in [2.05, 4.69) is 20.8 Å². The largest absolute Gasteiger partial charge is 0.497 e. The molecule has 0 atom stereocenters. The lowest BCUT2D eigenvalue weighted by Gasteiger charge is -2.36. The van der Waals surface area contributed by atoms with Crippen LogP contribution in [0.2, 0.25) is 0 Å². The first-order valence-electron chi connectivity index (χ1n) is 9.11. The van der Waals surface area contributed by atoms with E-state index in [1.807, 2.05) is 23.1 Å². The molecule has 1 fully saturated rings. The third-order valence-corrected chi connectivity index (χ3v) is 5.88. The summed E-state index contributed by atoms with van der Waals surface area (Å²) < 4.78 is 11.4. The number of carboxylic acids is 1. The minimum atomic E-state index is -1.10. The summed E-state index contributed by atoms with van der Waals surface area (Å²) >= 11 is 3.59. The summed E-state index contributed by atoms with van der Waals surface area (Å²) in [6, 6.07) is 12.4. The van der Waals surface area contributed by atoms with Crippen molar-refractivity contribution in [1.82, 2.24) is 4.90 Å². The topological polar surface area (TPSA) is 83.2 Å². The second-order valence-electron chi connectivity index (χ2n) is 6.74. The van der Waals surface area contributed by atoms with Crippen LogP contribution in [0.4, 0.5) is 5.69 Å². The third kappa shape index (κ3) is 3.67. The van der Waals surface area contributed by atoms with Gasteiger partial charge in [0.25, 0.3) is 5.91 Å². The zero-order valence-corrected chi connectivity index (χ0v) is 17.3. The van der Waals surface area contributed by atoms with E-state index in [9.17, 15) is 9.59 Å². The van der Waals surface area contributed by atoms with Crippen molar-refractivity contribution in [3.05, 3.63) is 58.3 Å². The molecule has 0 unspecified atom stereocenters. The van der Waals surface area contributed by atoms with E-state index in [0.29, 0.717) is 43.1 Å². The van der Waals surface area contributed by atoms with E-state index in [1.165, 1.54) is 6.07 Å². The highest BCUT2D eigenvalue weighted by Crippen LogP contribution is 2.36. The van der Waals surface area contributed by atoms with Gasteiger partial charge in [0.05, 0.1) is 17.3 Å². The molecule has 1 aromatic heterocycles. The molecule has 0 bridgehead atoms. The Morgan fingerprint density at radius 3 is 2.55 bits per heavy atom. The molecule has 8 heteroatoms. The SMILES string of the molecule is COc1cccc(C(=O)N2CCN(c3ccc4oc(C(=O)O)cc4c3Br)CC2)c1. The van der Waals surface area contributed by atoms with Gasteiger partial charge in [-0.2, -0.15) is 0 Å². The lowest BCUT2D eigenvalue weighted by atomic mass is 10.1. The van der Waals surface area contributed by atoms with Gasteiger partial charge in [0.2, 0.25) is 5.76 Å². The van der Waals surface area contributed by atoms with Gasteiger partial charge in [-0.3, -0.25) is 4.79 Å². The summed E-state index contributed by atoms with van der Waals surface area (Å²) in [5.41, 5.74) is 2.08. The minimum Gasteiger partial charge on any atom is -0.497 e.